The summed E-state index contributed by atoms with van der Waals surface area (Å²) in [5.74, 6) is -0.265. The van der Waals surface area contributed by atoms with Crippen LogP contribution in [-0.2, 0) is 7.05 Å². The number of halogens is 1. The lowest BCUT2D eigenvalue weighted by Crippen LogP contribution is -2.17. The number of carbonyl (C=O) groups excluding carboxylic acids is 1. The van der Waals surface area contributed by atoms with Crippen molar-refractivity contribution in [3.05, 3.63) is 58.9 Å². The SMILES string of the molecule is Cn1ccc(/C=N\NC(=O)c2ccc(Cl)cc2)c1. The Hall–Kier alpha value is -2.07. The minimum absolute atomic E-state index is 0.265. The van der Waals surface area contributed by atoms with Gasteiger partial charge in [0, 0.05) is 35.6 Å². The van der Waals surface area contributed by atoms with Crippen LogP contribution < -0.4 is 5.43 Å². The number of hydrogen-bond donors (Lipinski definition) is 1. The van der Waals surface area contributed by atoms with E-state index < -0.39 is 0 Å². The quantitative estimate of drug-likeness (QED) is 0.669. The fourth-order valence-corrected chi connectivity index (χ4v) is 1.56. The first kappa shape index (κ1) is 12.4. The molecule has 4 nitrogen and oxygen atoms in total. The molecule has 0 aliphatic rings. The Bertz CT molecular complexity index is 572. The van der Waals surface area contributed by atoms with E-state index in [-0.39, 0.29) is 5.91 Å². The molecule has 0 fully saturated rings. The van der Waals surface area contributed by atoms with Crippen LogP contribution in [0.25, 0.3) is 0 Å². The molecule has 2 aromatic rings. The van der Waals surface area contributed by atoms with E-state index >= 15 is 0 Å². The van der Waals surface area contributed by atoms with Crippen LogP contribution in [0.3, 0.4) is 0 Å². The molecule has 1 amide bonds. The standard InChI is InChI=1S/C13H12ClN3O/c1-17-7-6-10(9-17)8-15-16-13(18)11-2-4-12(14)5-3-11/h2-9H,1H3,(H,16,18)/b15-8-. The van der Waals surface area contributed by atoms with E-state index in [1.807, 2.05) is 30.1 Å². The summed E-state index contributed by atoms with van der Waals surface area (Å²) < 4.78 is 1.91. The molecule has 0 saturated heterocycles. The van der Waals surface area contributed by atoms with Crippen LogP contribution in [0.5, 0.6) is 0 Å². The number of carbonyl (C=O) groups is 1. The Morgan fingerprint density at radius 1 is 1.33 bits per heavy atom. The van der Waals surface area contributed by atoms with Crippen molar-refractivity contribution in [3.8, 4) is 0 Å². The van der Waals surface area contributed by atoms with E-state index in [1.54, 1.807) is 30.5 Å². The molecule has 0 aliphatic carbocycles. The van der Waals surface area contributed by atoms with Gasteiger partial charge in [-0.15, -0.1) is 0 Å². The molecular weight excluding hydrogens is 250 g/mol. The normalized spacial score (nSPS) is 10.8. The van der Waals surface area contributed by atoms with Gasteiger partial charge >= 0.3 is 0 Å². The number of hydrogen-bond acceptors (Lipinski definition) is 2. The molecule has 1 aromatic heterocycles. The van der Waals surface area contributed by atoms with Gasteiger partial charge in [0.15, 0.2) is 0 Å². The molecule has 92 valence electrons. The minimum Gasteiger partial charge on any atom is -0.357 e. The minimum atomic E-state index is -0.265. The molecule has 5 heteroatoms. The van der Waals surface area contributed by atoms with E-state index in [9.17, 15) is 4.79 Å². The van der Waals surface area contributed by atoms with Gasteiger partial charge in [0.25, 0.3) is 5.91 Å². The number of aromatic nitrogens is 1. The van der Waals surface area contributed by atoms with Crippen LogP contribution >= 0.6 is 11.6 Å². The maximum Gasteiger partial charge on any atom is 0.271 e. The Labute approximate surface area is 110 Å². The largest absolute Gasteiger partial charge is 0.357 e. The number of nitrogens with zero attached hydrogens (tertiary/aromatic N) is 2. The average Bonchev–Trinajstić information content (AvgIpc) is 2.76. The topological polar surface area (TPSA) is 46.4 Å². The zero-order valence-corrected chi connectivity index (χ0v) is 10.6. The molecular formula is C13H12ClN3O. The molecule has 0 spiro atoms. The number of rotatable bonds is 3. The predicted octanol–water partition coefficient (Wildman–Crippen LogP) is 2.44. The number of nitrogens with one attached hydrogen (secondary N) is 1. The highest BCUT2D eigenvalue weighted by atomic mass is 35.5. The number of benzene rings is 1. The summed E-state index contributed by atoms with van der Waals surface area (Å²) in [5.41, 5.74) is 3.90. The molecule has 18 heavy (non-hydrogen) atoms. The average molecular weight is 262 g/mol. The highest BCUT2D eigenvalue weighted by Gasteiger charge is 2.02. The molecule has 0 atom stereocenters. The summed E-state index contributed by atoms with van der Waals surface area (Å²) in [6, 6.07) is 8.53. The fourth-order valence-electron chi connectivity index (χ4n) is 1.43. The lowest BCUT2D eigenvalue weighted by molar-refractivity contribution is 0.0955. The van der Waals surface area contributed by atoms with Crippen molar-refractivity contribution >= 4 is 23.7 Å². The molecule has 0 aliphatic heterocycles. The van der Waals surface area contributed by atoms with Crippen molar-refractivity contribution in [1.29, 1.82) is 0 Å². The molecule has 1 aromatic carbocycles. The first-order valence-electron chi connectivity index (χ1n) is 5.36. The highest BCUT2D eigenvalue weighted by molar-refractivity contribution is 6.30. The van der Waals surface area contributed by atoms with Crippen LogP contribution in [0.15, 0.2) is 47.8 Å². The van der Waals surface area contributed by atoms with Gasteiger partial charge in [-0.1, -0.05) is 11.6 Å². The second kappa shape index (κ2) is 5.51. The maximum absolute atomic E-state index is 11.7. The van der Waals surface area contributed by atoms with Crippen molar-refractivity contribution in [3.63, 3.8) is 0 Å². The van der Waals surface area contributed by atoms with E-state index in [0.717, 1.165) is 5.56 Å². The Morgan fingerprint density at radius 2 is 2.06 bits per heavy atom. The third-order valence-corrected chi connectivity index (χ3v) is 2.59. The Morgan fingerprint density at radius 3 is 2.67 bits per heavy atom. The smallest absolute Gasteiger partial charge is 0.271 e. The van der Waals surface area contributed by atoms with Crippen molar-refractivity contribution in [2.75, 3.05) is 0 Å². The Balaban J connectivity index is 1.96. The second-order valence-electron chi connectivity index (χ2n) is 3.82. The zero-order chi connectivity index (χ0) is 13.0. The molecule has 0 bridgehead atoms. The van der Waals surface area contributed by atoms with Crippen LogP contribution in [-0.4, -0.2) is 16.7 Å². The van der Waals surface area contributed by atoms with Gasteiger partial charge in [0.1, 0.15) is 0 Å². The number of amides is 1. The van der Waals surface area contributed by atoms with Crippen LogP contribution in [0.1, 0.15) is 15.9 Å². The van der Waals surface area contributed by atoms with Crippen molar-refractivity contribution in [1.82, 2.24) is 9.99 Å². The lowest BCUT2D eigenvalue weighted by Gasteiger charge is -1.99. The molecule has 1 heterocycles. The van der Waals surface area contributed by atoms with Crippen molar-refractivity contribution in [2.45, 2.75) is 0 Å². The summed E-state index contributed by atoms with van der Waals surface area (Å²) in [7, 11) is 1.92. The van der Waals surface area contributed by atoms with Gasteiger partial charge in [-0.05, 0) is 30.3 Å². The summed E-state index contributed by atoms with van der Waals surface area (Å²) in [4.78, 5) is 11.7. The Kier molecular flexibility index (Phi) is 3.79. The highest BCUT2D eigenvalue weighted by Crippen LogP contribution is 2.09. The van der Waals surface area contributed by atoms with Crippen LogP contribution in [0.4, 0.5) is 0 Å². The first-order chi connectivity index (χ1) is 8.65. The van der Waals surface area contributed by atoms with Crippen LogP contribution in [0, 0.1) is 0 Å². The van der Waals surface area contributed by atoms with Crippen molar-refractivity contribution < 1.29 is 4.79 Å². The van der Waals surface area contributed by atoms with Gasteiger partial charge < -0.3 is 4.57 Å². The second-order valence-corrected chi connectivity index (χ2v) is 4.25. The summed E-state index contributed by atoms with van der Waals surface area (Å²) in [6.07, 6.45) is 5.40. The van der Waals surface area contributed by atoms with Gasteiger partial charge in [-0.2, -0.15) is 5.10 Å². The van der Waals surface area contributed by atoms with E-state index in [0.29, 0.717) is 10.6 Å². The van der Waals surface area contributed by atoms with Gasteiger partial charge in [-0.25, -0.2) is 5.43 Å². The third-order valence-electron chi connectivity index (χ3n) is 2.34. The maximum atomic E-state index is 11.7. The lowest BCUT2D eigenvalue weighted by atomic mass is 10.2. The first-order valence-corrected chi connectivity index (χ1v) is 5.74. The number of hydrazone groups is 1. The van der Waals surface area contributed by atoms with Gasteiger partial charge in [0.05, 0.1) is 6.21 Å². The monoisotopic (exact) mass is 261 g/mol. The fraction of sp³-hybridized carbons (Fsp3) is 0.0769. The summed E-state index contributed by atoms with van der Waals surface area (Å²) in [6.45, 7) is 0. The van der Waals surface area contributed by atoms with E-state index in [1.165, 1.54) is 0 Å². The van der Waals surface area contributed by atoms with E-state index in [4.69, 9.17) is 11.6 Å². The summed E-state index contributed by atoms with van der Waals surface area (Å²) in [5, 5.41) is 4.48. The molecule has 0 saturated carbocycles. The third kappa shape index (κ3) is 3.21. The molecule has 2 rings (SSSR count). The molecule has 1 N–H and O–H groups in total. The number of aryl methyl sites for hydroxylation is 1. The predicted molar refractivity (Wildman–Crippen MR) is 71.9 cm³/mol. The van der Waals surface area contributed by atoms with Crippen LogP contribution in [0.2, 0.25) is 5.02 Å². The van der Waals surface area contributed by atoms with E-state index in [2.05, 4.69) is 10.5 Å². The van der Waals surface area contributed by atoms with Gasteiger partial charge in [0.2, 0.25) is 0 Å². The molecule has 0 unspecified atom stereocenters. The zero-order valence-electron chi connectivity index (χ0n) is 9.80. The summed E-state index contributed by atoms with van der Waals surface area (Å²) >= 11 is 5.74. The van der Waals surface area contributed by atoms with Gasteiger partial charge in [-0.3, -0.25) is 4.79 Å². The molecule has 0 radical (unpaired) electrons. The van der Waals surface area contributed by atoms with Crippen molar-refractivity contribution in [2.24, 2.45) is 12.1 Å².